The predicted octanol–water partition coefficient (Wildman–Crippen LogP) is 4.97. The van der Waals surface area contributed by atoms with Crippen molar-refractivity contribution in [1.29, 1.82) is 5.26 Å². The van der Waals surface area contributed by atoms with E-state index in [4.69, 9.17) is 0 Å². The summed E-state index contributed by atoms with van der Waals surface area (Å²) in [6, 6.07) is 14.8. The van der Waals surface area contributed by atoms with Crippen LogP contribution in [0.5, 0.6) is 0 Å². The summed E-state index contributed by atoms with van der Waals surface area (Å²) in [5, 5.41) is 12.4. The monoisotopic (exact) mass is 598 g/mol. The van der Waals surface area contributed by atoms with E-state index in [0.717, 1.165) is 43.6 Å². The zero-order valence-electron chi connectivity index (χ0n) is 25.7. The summed E-state index contributed by atoms with van der Waals surface area (Å²) in [6.07, 6.45) is 7.08. The average Bonchev–Trinajstić information content (AvgIpc) is 3.03. The highest BCUT2D eigenvalue weighted by Crippen LogP contribution is 2.28. The third-order valence-electron chi connectivity index (χ3n) is 8.22. The van der Waals surface area contributed by atoms with Crippen molar-refractivity contribution < 1.29 is 18.7 Å². The van der Waals surface area contributed by atoms with E-state index in [0.29, 0.717) is 41.2 Å². The van der Waals surface area contributed by atoms with Gasteiger partial charge in [0.15, 0.2) is 0 Å². The summed E-state index contributed by atoms with van der Waals surface area (Å²) in [4.78, 5) is 37.2. The number of benzene rings is 2. The Morgan fingerprint density at radius 3 is 2.48 bits per heavy atom. The molecule has 230 valence electrons. The first-order chi connectivity index (χ1) is 21.2. The normalized spacial score (nSPS) is 14.6. The molecule has 0 radical (unpaired) electrons. The average molecular weight is 599 g/mol. The molecule has 1 unspecified atom stereocenters. The lowest BCUT2D eigenvalue weighted by Crippen LogP contribution is -2.48. The summed E-state index contributed by atoms with van der Waals surface area (Å²) in [7, 11) is 1.33. The molecule has 1 aliphatic heterocycles. The van der Waals surface area contributed by atoms with Gasteiger partial charge in [-0.3, -0.25) is 4.79 Å². The first kappa shape index (κ1) is 32.3. The minimum Gasteiger partial charge on any atom is -0.466 e. The molecule has 0 bridgehead atoms. The molecule has 1 N–H and O–H groups in total. The SMILES string of the molecule is COC(=O)C=Cc1ccc(N(Cc2cc(C#N)ccc2F)C2CCN(C(C)CCNC(=O)c3c(C)ncnc3C)CC2)cc1. The Bertz CT molecular complexity index is 1510. The Hall–Kier alpha value is -4.62. The molecular formula is C34H39FN6O3. The molecule has 10 heteroatoms. The van der Waals surface area contributed by atoms with Crippen molar-refractivity contribution in [3.8, 4) is 6.07 Å². The van der Waals surface area contributed by atoms with Gasteiger partial charge in [0.1, 0.15) is 12.1 Å². The van der Waals surface area contributed by atoms with Crippen LogP contribution >= 0.6 is 0 Å². The number of nitrogens with one attached hydrogen (secondary N) is 1. The Labute approximate surface area is 258 Å². The Kier molecular flexibility index (Phi) is 11.2. The summed E-state index contributed by atoms with van der Waals surface area (Å²) < 4.78 is 19.6. The van der Waals surface area contributed by atoms with Gasteiger partial charge in [0, 0.05) is 55.6 Å². The molecule has 1 saturated heterocycles. The number of halogens is 1. The minimum atomic E-state index is -0.428. The van der Waals surface area contributed by atoms with E-state index in [1.54, 1.807) is 12.1 Å². The number of ether oxygens (including phenoxy) is 1. The number of piperidine rings is 1. The molecule has 0 aliphatic carbocycles. The quantitative estimate of drug-likeness (QED) is 0.243. The topological polar surface area (TPSA) is 111 Å². The lowest BCUT2D eigenvalue weighted by atomic mass is 9.98. The number of hydrogen-bond acceptors (Lipinski definition) is 8. The first-order valence-corrected chi connectivity index (χ1v) is 14.8. The van der Waals surface area contributed by atoms with Crippen LogP contribution < -0.4 is 10.2 Å². The van der Waals surface area contributed by atoms with E-state index >= 15 is 0 Å². The number of nitriles is 1. The number of amides is 1. The first-order valence-electron chi connectivity index (χ1n) is 14.8. The van der Waals surface area contributed by atoms with Gasteiger partial charge in [-0.05, 0) is 82.0 Å². The zero-order chi connectivity index (χ0) is 31.6. The molecule has 44 heavy (non-hydrogen) atoms. The number of anilines is 1. The van der Waals surface area contributed by atoms with Gasteiger partial charge in [0.25, 0.3) is 5.91 Å². The molecule has 0 saturated carbocycles. The van der Waals surface area contributed by atoms with Crippen molar-refractivity contribution in [2.45, 2.75) is 58.7 Å². The fraction of sp³-hybridized carbons (Fsp3) is 0.382. The highest BCUT2D eigenvalue weighted by Gasteiger charge is 2.28. The Morgan fingerprint density at radius 1 is 1.16 bits per heavy atom. The number of rotatable bonds is 11. The largest absolute Gasteiger partial charge is 0.466 e. The molecule has 3 aromatic rings. The van der Waals surface area contributed by atoms with Crippen LogP contribution in [0.25, 0.3) is 6.08 Å². The molecule has 2 aromatic carbocycles. The molecule has 1 amide bonds. The third kappa shape index (κ3) is 8.26. The summed E-state index contributed by atoms with van der Waals surface area (Å²) >= 11 is 0. The molecule has 1 aromatic heterocycles. The van der Waals surface area contributed by atoms with Gasteiger partial charge in [-0.1, -0.05) is 12.1 Å². The van der Waals surface area contributed by atoms with E-state index in [2.05, 4.69) is 42.8 Å². The van der Waals surface area contributed by atoms with Gasteiger partial charge in [-0.15, -0.1) is 0 Å². The molecule has 1 atom stereocenters. The van der Waals surface area contributed by atoms with E-state index in [1.807, 2.05) is 38.1 Å². The zero-order valence-corrected chi connectivity index (χ0v) is 25.7. The van der Waals surface area contributed by atoms with Gasteiger partial charge in [-0.25, -0.2) is 19.2 Å². The van der Waals surface area contributed by atoms with Crippen LogP contribution in [0, 0.1) is 31.0 Å². The van der Waals surface area contributed by atoms with Crippen LogP contribution in [0.4, 0.5) is 10.1 Å². The molecule has 4 rings (SSSR count). The summed E-state index contributed by atoms with van der Waals surface area (Å²) in [5.41, 5.74) is 4.54. The second-order valence-corrected chi connectivity index (χ2v) is 11.1. The van der Waals surface area contributed by atoms with E-state index in [-0.39, 0.29) is 23.8 Å². The number of carbonyl (C=O) groups excluding carboxylic acids is 2. The van der Waals surface area contributed by atoms with Crippen LogP contribution in [-0.4, -0.2) is 65.6 Å². The van der Waals surface area contributed by atoms with E-state index in [1.165, 1.54) is 31.6 Å². The fourth-order valence-corrected chi connectivity index (χ4v) is 5.61. The van der Waals surface area contributed by atoms with Crippen LogP contribution in [0.3, 0.4) is 0 Å². The van der Waals surface area contributed by atoms with Crippen molar-refractivity contribution >= 4 is 23.6 Å². The number of carbonyl (C=O) groups is 2. The molecular weight excluding hydrogens is 559 g/mol. The van der Waals surface area contributed by atoms with Crippen LogP contribution in [0.2, 0.25) is 0 Å². The van der Waals surface area contributed by atoms with Crippen molar-refractivity contribution in [2.75, 3.05) is 31.6 Å². The van der Waals surface area contributed by atoms with Gasteiger partial charge in [0.2, 0.25) is 0 Å². The second-order valence-electron chi connectivity index (χ2n) is 11.1. The number of esters is 1. The summed E-state index contributed by atoms with van der Waals surface area (Å²) in [5.74, 6) is -0.920. The highest BCUT2D eigenvalue weighted by molar-refractivity contribution is 5.96. The molecule has 0 spiro atoms. The number of methoxy groups -OCH3 is 1. The van der Waals surface area contributed by atoms with Crippen LogP contribution in [0.1, 0.15) is 64.6 Å². The maximum absolute atomic E-state index is 14.9. The van der Waals surface area contributed by atoms with Crippen molar-refractivity contribution in [3.63, 3.8) is 0 Å². The molecule has 9 nitrogen and oxygen atoms in total. The van der Waals surface area contributed by atoms with Gasteiger partial charge >= 0.3 is 5.97 Å². The Balaban J connectivity index is 1.41. The number of nitrogens with zero attached hydrogens (tertiary/aromatic N) is 5. The van der Waals surface area contributed by atoms with Crippen molar-refractivity contribution in [2.24, 2.45) is 0 Å². The van der Waals surface area contributed by atoms with Gasteiger partial charge < -0.3 is 19.9 Å². The molecule has 1 aliphatic rings. The number of aryl methyl sites for hydroxylation is 2. The van der Waals surface area contributed by atoms with Crippen molar-refractivity contribution in [1.82, 2.24) is 20.2 Å². The number of hydrogen-bond donors (Lipinski definition) is 1. The standard InChI is InChI=1S/C34H39FN6O3/c1-23(13-16-37-34(43)33-24(2)38-22-39-25(33)3)40-17-14-30(15-18-40)41(21-28-19-27(20-36)7-11-31(28)35)29-9-5-26(6-10-29)8-12-32(42)44-4/h5-12,19,22-23,30H,13-18,21H2,1-4H3,(H,37,43). The third-order valence-corrected chi connectivity index (χ3v) is 8.22. The predicted molar refractivity (Wildman–Crippen MR) is 167 cm³/mol. The van der Waals surface area contributed by atoms with E-state index in [9.17, 15) is 19.2 Å². The highest BCUT2D eigenvalue weighted by atomic mass is 19.1. The molecule has 2 heterocycles. The lowest BCUT2D eigenvalue weighted by Gasteiger charge is -2.42. The van der Waals surface area contributed by atoms with E-state index < -0.39 is 5.97 Å². The maximum atomic E-state index is 14.9. The number of likely N-dealkylation sites (tertiary alicyclic amines) is 1. The molecule has 1 fully saturated rings. The van der Waals surface area contributed by atoms with Gasteiger partial charge in [-0.2, -0.15) is 5.26 Å². The Morgan fingerprint density at radius 2 is 1.84 bits per heavy atom. The minimum absolute atomic E-state index is 0.151. The number of aromatic nitrogens is 2. The fourth-order valence-electron chi connectivity index (χ4n) is 5.61. The van der Waals surface area contributed by atoms with Gasteiger partial charge in [0.05, 0.1) is 35.7 Å². The second kappa shape index (κ2) is 15.2. The van der Waals surface area contributed by atoms with Crippen LogP contribution in [-0.2, 0) is 16.1 Å². The summed E-state index contributed by atoms with van der Waals surface area (Å²) in [6.45, 7) is 8.40. The smallest absolute Gasteiger partial charge is 0.330 e. The maximum Gasteiger partial charge on any atom is 0.330 e. The van der Waals surface area contributed by atoms with Crippen molar-refractivity contribution in [3.05, 3.63) is 94.3 Å². The van der Waals surface area contributed by atoms with Crippen LogP contribution in [0.15, 0.2) is 54.9 Å². The lowest BCUT2D eigenvalue weighted by molar-refractivity contribution is -0.134.